The van der Waals surface area contributed by atoms with Gasteiger partial charge in [-0.15, -0.1) is 0 Å². The zero-order chi connectivity index (χ0) is 7.78. The summed E-state index contributed by atoms with van der Waals surface area (Å²) in [6, 6.07) is 0.0959. The standard InChI is InChI=1S/C6H13NO2S/c1-5-4-6(7)2-3-10(5,8)9/h5-6H,2-4,7H2,1H3. The first-order valence-electron chi connectivity index (χ1n) is 3.49. The zero-order valence-corrected chi connectivity index (χ0v) is 6.89. The summed E-state index contributed by atoms with van der Waals surface area (Å²) in [5, 5.41) is -0.226. The largest absolute Gasteiger partial charge is 0.328 e. The SMILES string of the molecule is CC1CC(N)CCS1(=O)=O. The average molecular weight is 163 g/mol. The van der Waals surface area contributed by atoms with Crippen molar-refractivity contribution in [3.63, 3.8) is 0 Å². The fourth-order valence-electron chi connectivity index (χ4n) is 1.21. The van der Waals surface area contributed by atoms with Gasteiger partial charge in [0, 0.05) is 6.04 Å². The maximum Gasteiger partial charge on any atom is 0.153 e. The van der Waals surface area contributed by atoms with Gasteiger partial charge in [0.2, 0.25) is 0 Å². The third kappa shape index (κ3) is 1.49. The maximum atomic E-state index is 11.1. The second-order valence-electron chi connectivity index (χ2n) is 2.96. The Morgan fingerprint density at radius 1 is 1.50 bits per heavy atom. The molecule has 0 aliphatic carbocycles. The molecule has 1 rings (SSSR count). The predicted octanol–water partition coefficient (Wildman–Crippen LogP) is -0.0892. The quantitative estimate of drug-likeness (QED) is 0.543. The van der Waals surface area contributed by atoms with Crippen molar-refractivity contribution >= 4 is 9.84 Å². The number of hydrogen-bond donors (Lipinski definition) is 1. The van der Waals surface area contributed by atoms with Gasteiger partial charge in [-0.3, -0.25) is 0 Å². The monoisotopic (exact) mass is 163 g/mol. The number of rotatable bonds is 0. The van der Waals surface area contributed by atoms with Crippen molar-refractivity contribution in [3.8, 4) is 0 Å². The summed E-state index contributed by atoms with van der Waals surface area (Å²) in [6.07, 6.45) is 1.26. The van der Waals surface area contributed by atoms with E-state index in [4.69, 9.17) is 5.73 Å². The van der Waals surface area contributed by atoms with E-state index in [1.54, 1.807) is 6.92 Å². The molecule has 4 heteroatoms. The summed E-state index contributed by atoms with van der Waals surface area (Å²) in [5.74, 6) is 0.273. The Balaban J connectivity index is 2.70. The lowest BCUT2D eigenvalue weighted by atomic mass is 10.1. The van der Waals surface area contributed by atoms with Gasteiger partial charge in [0.15, 0.2) is 9.84 Å². The third-order valence-corrected chi connectivity index (χ3v) is 4.24. The molecule has 1 heterocycles. The third-order valence-electron chi connectivity index (χ3n) is 2.02. The minimum absolute atomic E-state index is 0.0959. The zero-order valence-electron chi connectivity index (χ0n) is 6.08. The summed E-state index contributed by atoms with van der Waals surface area (Å²) >= 11 is 0. The molecular formula is C6H13NO2S. The van der Waals surface area contributed by atoms with Gasteiger partial charge < -0.3 is 5.73 Å². The highest BCUT2D eigenvalue weighted by molar-refractivity contribution is 7.92. The van der Waals surface area contributed by atoms with E-state index < -0.39 is 9.84 Å². The highest BCUT2D eigenvalue weighted by atomic mass is 32.2. The van der Waals surface area contributed by atoms with Crippen LogP contribution in [0.25, 0.3) is 0 Å². The fraction of sp³-hybridized carbons (Fsp3) is 1.00. The topological polar surface area (TPSA) is 60.2 Å². The van der Waals surface area contributed by atoms with Gasteiger partial charge in [-0.2, -0.15) is 0 Å². The second kappa shape index (κ2) is 2.51. The van der Waals surface area contributed by atoms with Gasteiger partial charge in [0.05, 0.1) is 11.0 Å². The predicted molar refractivity (Wildman–Crippen MR) is 40.5 cm³/mol. The molecule has 0 bridgehead atoms. The molecule has 1 aliphatic heterocycles. The van der Waals surface area contributed by atoms with E-state index in [-0.39, 0.29) is 17.0 Å². The molecule has 0 saturated carbocycles. The van der Waals surface area contributed by atoms with Crippen LogP contribution < -0.4 is 5.73 Å². The van der Waals surface area contributed by atoms with Crippen LogP contribution in [0.2, 0.25) is 0 Å². The van der Waals surface area contributed by atoms with E-state index in [0.717, 1.165) is 0 Å². The Bertz CT molecular complexity index is 210. The van der Waals surface area contributed by atoms with Crippen molar-refractivity contribution in [3.05, 3.63) is 0 Å². The van der Waals surface area contributed by atoms with Crippen molar-refractivity contribution in [2.24, 2.45) is 5.73 Å². The van der Waals surface area contributed by atoms with Crippen LogP contribution in [0.4, 0.5) is 0 Å². The molecule has 60 valence electrons. The Labute approximate surface area is 61.5 Å². The minimum Gasteiger partial charge on any atom is -0.328 e. The van der Waals surface area contributed by atoms with E-state index in [1.165, 1.54) is 0 Å². The molecule has 0 amide bonds. The Morgan fingerprint density at radius 3 is 2.50 bits per heavy atom. The number of sulfone groups is 1. The number of nitrogens with two attached hydrogens (primary N) is 1. The summed E-state index contributed by atoms with van der Waals surface area (Å²) in [7, 11) is -2.77. The van der Waals surface area contributed by atoms with E-state index in [0.29, 0.717) is 12.8 Å². The maximum absolute atomic E-state index is 11.1. The summed E-state index contributed by atoms with van der Waals surface area (Å²) in [6.45, 7) is 1.73. The smallest absolute Gasteiger partial charge is 0.153 e. The average Bonchev–Trinajstić information content (AvgIpc) is 1.81. The Hall–Kier alpha value is -0.0900. The Morgan fingerprint density at radius 2 is 2.10 bits per heavy atom. The molecule has 1 aliphatic rings. The highest BCUT2D eigenvalue weighted by Gasteiger charge is 2.28. The lowest BCUT2D eigenvalue weighted by Crippen LogP contribution is -2.38. The molecule has 2 unspecified atom stereocenters. The molecule has 0 radical (unpaired) electrons. The van der Waals surface area contributed by atoms with Crippen molar-refractivity contribution in [1.29, 1.82) is 0 Å². The van der Waals surface area contributed by atoms with Gasteiger partial charge >= 0.3 is 0 Å². The van der Waals surface area contributed by atoms with Crippen LogP contribution in [0.15, 0.2) is 0 Å². The van der Waals surface area contributed by atoms with Crippen molar-refractivity contribution in [2.45, 2.75) is 31.1 Å². The van der Waals surface area contributed by atoms with Gasteiger partial charge in [-0.25, -0.2) is 8.42 Å². The molecule has 0 aromatic heterocycles. The lowest BCUT2D eigenvalue weighted by molar-refractivity contribution is 0.513. The van der Waals surface area contributed by atoms with Crippen molar-refractivity contribution in [1.82, 2.24) is 0 Å². The molecule has 1 fully saturated rings. The summed E-state index contributed by atoms with van der Waals surface area (Å²) in [4.78, 5) is 0. The van der Waals surface area contributed by atoms with E-state index in [2.05, 4.69) is 0 Å². The van der Waals surface area contributed by atoms with Crippen molar-refractivity contribution < 1.29 is 8.42 Å². The van der Waals surface area contributed by atoms with E-state index >= 15 is 0 Å². The van der Waals surface area contributed by atoms with Crippen LogP contribution in [0.5, 0.6) is 0 Å². The van der Waals surface area contributed by atoms with Crippen LogP contribution in [-0.4, -0.2) is 25.5 Å². The summed E-state index contributed by atoms with van der Waals surface area (Å²) in [5.41, 5.74) is 5.58. The molecule has 0 aromatic rings. The van der Waals surface area contributed by atoms with Gasteiger partial charge in [-0.1, -0.05) is 0 Å². The van der Waals surface area contributed by atoms with Crippen LogP contribution in [0, 0.1) is 0 Å². The molecule has 0 spiro atoms. The lowest BCUT2D eigenvalue weighted by Gasteiger charge is -2.23. The second-order valence-corrected chi connectivity index (χ2v) is 5.50. The van der Waals surface area contributed by atoms with Gasteiger partial charge in [0.1, 0.15) is 0 Å². The van der Waals surface area contributed by atoms with E-state index in [1.807, 2.05) is 0 Å². The molecular weight excluding hydrogens is 150 g/mol. The molecule has 2 atom stereocenters. The molecule has 0 aromatic carbocycles. The van der Waals surface area contributed by atoms with E-state index in [9.17, 15) is 8.42 Å². The summed E-state index contributed by atoms with van der Waals surface area (Å²) < 4.78 is 22.1. The first kappa shape index (κ1) is 8.01. The number of hydrogen-bond acceptors (Lipinski definition) is 3. The van der Waals surface area contributed by atoms with Crippen LogP contribution in [0.1, 0.15) is 19.8 Å². The normalized spacial score (nSPS) is 39.4. The molecule has 3 nitrogen and oxygen atoms in total. The highest BCUT2D eigenvalue weighted by Crippen LogP contribution is 2.17. The van der Waals surface area contributed by atoms with Crippen LogP contribution in [0.3, 0.4) is 0 Å². The molecule has 10 heavy (non-hydrogen) atoms. The van der Waals surface area contributed by atoms with Crippen molar-refractivity contribution in [2.75, 3.05) is 5.75 Å². The first-order valence-corrected chi connectivity index (χ1v) is 5.21. The van der Waals surface area contributed by atoms with Gasteiger partial charge in [-0.05, 0) is 19.8 Å². The molecule has 2 N–H and O–H groups in total. The van der Waals surface area contributed by atoms with Crippen LogP contribution in [-0.2, 0) is 9.84 Å². The Kier molecular flexibility index (Phi) is 2.01. The van der Waals surface area contributed by atoms with Gasteiger partial charge in [0.25, 0.3) is 0 Å². The van der Waals surface area contributed by atoms with Crippen LogP contribution >= 0.6 is 0 Å². The minimum atomic E-state index is -2.77. The fourth-order valence-corrected chi connectivity index (χ4v) is 2.78. The molecule has 1 saturated heterocycles. The first-order chi connectivity index (χ1) is 4.52.